The van der Waals surface area contributed by atoms with Crippen LogP contribution in [0.1, 0.15) is 264 Å². The summed E-state index contributed by atoms with van der Waals surface area (Å²) in [6.07, 6.45) is 48.9. The second-order valence-corrected chi connectivity index (χ2v) is 19.1. The second kappa shape index (κ2) is 46.0. The molecule has 0 fully saturated rings. The summed E-state index contributed by atoms with van der Waals surface area (Å²) in [5, 5.41) is 8.91. The van der Waals surface area contributed by atoms with Crippen LogP contribution in [0.25, 0.3) is 0 Å². The minimum absolute atomic E-state index is 0.0257. The topological polar surface area (TPSA) is 155 Å². The Kier molecular flexibility index (Phi) is 45.2. The normalized spacial score (nSPS) is 13.7. The van der Waals surface area contributed by atoms with E-state index in [1.807, 2.05) is 0 Å². The largest absolute Gasteiger partial charge is 0.480 e. The first-order valence-corrected chi connectivity index (χ1v) is 27.1. The van der Waals surface area contributed by atoms with Crippen molar-refractivity contribution >= 4 is 19.8 Å². The maximum absolute atomic E-state index is 12.7. The average Bonchev–Trinajstić information content (AvgIpc) is 3.23. The molecule has 0 aromatic heterocycles. The molecule has 1 unspecified atom stereocenters. The molecule has 0 bridgehead atoms. The third-order valence-corrected chi connectivity index (χ3v) is 12.6. The lowest BCUT2D eigenvalue weighted by atomic mass is 10.0. The van der Waals surface area contributed by atoms with Crippen molar-refractivity contribution in [2.24, 2.45) is 5.73 Å². The number of nitrogens with two attached hydrogens (primary N) is 1. The summed E-state index contributed by atoms with van der Waals surface area (Å²) in [5.41, 5.74) is 5.37. The number of carboxylic acids is 1. The predicted octanol–water partition coefficient (Wildman–Crippen LogP) is 14.7. The minimum Gasteiger partial charge on any atom is -0.480 e. The Morgan fingerprint density at radius 2 is 0.767 bits per heavy atom. The predicted molar refractivity (Wildman–Crippen MR) is 249 cm³/mol. The van der Waals surface area contributed by atoms with Crippen LogP contribution in [0.4, 0.5) is 0 Å². The number of hydrogen-bond donors (Lipinski definition) is 3. The van der Waals surface area contributed by atoms with Gasteiger partial charge in [-0.1, -0.05) is 245 Å². The summed E-state index contributed by atoms with van der Waals surface area (Å²) in [6, 6.07) is -1.47. The zero-order valence-electron chi connectivity index (χ0n) is 39.3. The maximum Gasteiger partial charge on any atom is 0.472 e. The lowest BCUT2D eigenvalue weighted by Gasteiger charge is -2.20. The Labute approximate surface area is 370 Å². The quantitative estimate of drug-likeness (QED) is 0.0306. The fraction of sp³-hybridized carbons (Fsp3) is 0.959. The highest BCUT2D eigenvalue weighted by molar-refractivity contribution is 7.47. The Hall–Kier alpha value is -1.03. The van der Waals surface area contributed by atoms with Crippen LogP contribution in [-0.2, 0) is 32.7 Å². The average molecular weight is 876 g/mol. The highest BCUT2D eigenvalue weighted by Crippen LogP contribution is 2.43. The van der Waals surface area contributed by atoms with Gasteiger partial charge < -0.3 is 25.2 Å². The van der Waals surface area contributed by atoms with Gasteiger partial charge in [0.15, 0.2) is 0 Å². The minimum atomic E-state index is -4.61. The van der Waals surface area contributed by atoms with E-state index in [0.29, 0.717) is 6.61 Å². The first kappa shape index (κ1) is 59.0. The molecule has 0 aromatic carbocycles. The van der Waals surface area contributed by atoms with Gasteiger partial charge in [0.05, 0.1) is 19.8 Å². The van der Waals surface area contributed by atoms with Crippen LogP contribution in [0.2, 0.25) is 0 Å². The molecule has 60 heavy (non-hydrogen) atoms. The fourth-order valence-electron chi connectivity index (χ4n) is 7.67. The lowest BCUT2D eigenvalue weighted by molar-refractivity contribution is -0.154. The molecular weight excluding hydrogens is 778 g/mol. The van der Waals surface area contributed by atoms with Crippen molar-refractivity contribution in [1.29, 1.82) is 0 Å². The van der Waals surface area contributed by atoms with Crippen molar-refractivity contribution in [1.82, 2.24) is 0 Å². The van der Waals surface area contributed by atoms with E-state index in [9.17, 15) is 19.0 Å². The molecule has 0 heterocycles. The molecule has 0 aliphatic rings. The Morgan fingerprint density at radius 3 is 1.10 bits per heavy atom. The molecule has 0 aromatic rings. The molecule has 10 nitrogen and oxygen atoms in total. The molecule has 0 amide bonds. The first-order chi connectivity index (χ1) is 29.2. The SMILES string of the molecule is CCCCCCCCCCCCCCCCCCCCCCCCCCCCC(=O)O[C@H](COCCCCCCCCCCCCCC)COP(=O)(O)OC[C@H](N)C(=O)O. The smallest absolute Gasteiger partial charge is 0.472 e. The van der Waals surface area contributed by atoms with E-state index in [0.717, 1.165) is 38.5 Å². The van der Waals surface area contributed by atoms with Crippen molar-refractivity contribution in [3.05, 3.63) is 0 Å². The Balaban J connectivity index is 3.97. The van der Waals surface area contributed by atoms with E-state index in [-0.39, 0.29) is 13.0 Å². The number of carbonyl (C=O) groups is 2. The number of esters is 1. The van der Waals surface area contributed by atoms with Gasteiger partial charge in [-0.25, -0.2) is 4.57 Å². The van der Waals surface area contributed by atoms with Gasteiger partial charge in [-0.15, -0.1) is 0 Å². The standard InChI is InChI=1S/C49H98NO9P/c1-3-5-7-9-11-13-15-17-18-19-20-21-22-23-24-25-26-27-28-29-30-31-33-35-37-39-41-48(51)59-46(44-57-60(54,55)58-45-47(50)49(52)53)43-56-42-40-38-36-34-32-16-14-12-10-8-6-4-2/h46-47H,3-45,50H2,1-2H3,(H,52,53)(H,54,55)/t46-,47+/m1/s1. The summed E-state index contributed by atoms with van der Waals surface area (Å²) < 4.78 is 33.4. The van der Waals surface area contributed by atoms with Crippen LogP contribution in [0.5, 0.6) is 0 Å². The molecule has 4 N–H and O–H groups in total. The monoisotopic (exact) mass is 876 g/mol. The van der Waals surface area contributed by atoms with Gasteiger partial charge in [0, 0.05) is 13.0 Å². The zero-order valence-corrected chi connectivity index (χ0v) is 40.2. The van der Waals surface area contributed by atoms with E-state index in [1.165, 1.54) is 205 Å². The summed E-state index contributed by atoms with van der Waals surface area (Å²) in [6.45, 7) is 3.94. The van der Waals surface area contributed by atoms with Crippen LogP contribution < -0.4 is 5.73 Å². The van der Waals surface area contributed by atoms with Crippen LogP contribution in [-0.4, -0.2) is 60.5 Å². The number of carboxylic acid groups (broad SMARTS) is 1. The van der Waals surface area contributed by atoms with Gasteiger partial charge in [0.2, 0.25) is 0 Å². The van der Waals surface area contributed by atoms with Gasteiger partial charge in [-0.2, -0.15) is 0 Å². The Bertz CT molecular complexity index is 971. The molecule has 0 spiro atoms. The van der Waals surface area contributed by atoms with E-state index in [1.54, 1.807) is 0 Å². The van der Waals surface area contributed by atoms with Gasteiger partial charge in [-0.05, 0) is 12.8 Å². The number of unbranched alkanes of at least 4 members (excludes halogenated alkanes) is 36. The molecule has 0 saturated carbocycles. The highest BCUT2D eigenvalue weighted by atomic mass is 31.2. The summed E-state index contributed by atoms with van der Waals surface area (Å²) in [7, 11) is -4.61. The number of hydrogen-bond acceptors (Lipinski definition) is 8. The number of rotatable bonds is 50. The highest BCUT2D eigenvalue weighted by Gasteiger charge is 2.27. The lowest BCUT2D eigenvalue weighted by Crippen LogP contribution is -2.34. The number of ether oxygens (including phenoxy) is 2. The molecule has 0 saturated heterocycles. The summed E-state index contributed by atoms with van der Waals surface area (Å²) >= 11 is 0. The third kappa shape index (κ3) is 45.0. The van der Waals surface area contributed by atoms with E-state index >= 15 is 0 Å². The molecule has 3 atom stereocenters. The summed E-state index contributed by atoms with van der Waals surface area (Å²) in [5.74, 6) is -1.76. The van der Waals surface area contributed by atoms with Gasteiger partial charge >= 0.3 is 19.8 Å². The maximum atomic E-state index is 12.7. The number of phosphoric ester groups is 1. The van der Waals surface area contributed by atoms with E-state index in [2.05, 4.69) is 13.8 Å². The molecule has 11 heteroatoms. The van der Waals surface area contributed by atoms with Crippen LogP contribution in [0.3, 0.4) is 0 Å². The zero-order chi connectivity index (χ0) is 44.0. The second-order valence-electron chi connectivity index (χ2n) is 17.7. The third-order valence-electron chi connectivity index (χ3n) is 11.6. The van der Waals surface area contributed by atoms with Crippen LogP contribution in [0, 0.1) is 0 Å². The van der Waals surface area contributed by atoms with Gasteiger partial charge in [-0.3, -0.25) is 18.6 Å². The van der Waals surface area contributed by atoms with Crippen molar-refractivity contribution in [2.45, 2.75) is 276 Å². The van der Waals surface area contributed by atoms with Crippen LogP contribution >= 0.6 is 7.82 Å². The van der Waals surface area contributed by atoms with Crippen molar-refractivity contribution in [3.8, 4) is 0 Å². The van der Waals surface area contributed by atoms with Gasteiger partial charge in [0.25, 0.3) is 0 Å². The molecule has 0 aliphatic carbocycles. The van der Waals surface area contributed by atoms with E-state index < -0.39 is 45.1 Å². The molecule has 0 rings (SSSR count). The van der Waals surface area contributed by atoms with Crippen molar-refractivity contribution < 1.29 is 42.7 Å². The van der Waals surface area contributed by atoms with E-state index in [4.69, 9.17) is 29.4 Å². The molecule has 358 valence electrons. The number of aliphatic carboxylic acids is 1. The van der Waals surface area contributed by atoms with Crippen molar-refractivity contribution in [3.63, 3.8) is 0 Å². The molecular formula is C49H98NO9P. The van der Waals surface area contributed by atoms with Crippen LogP contribution in [0.15, 0.2) is 0 Å². The fourth-order valence-corrected chi connectivity index (χ4v) is 8.44. The number of carbonyl (C=O) groups excluding carboxylic acids is 1. The molecule has 0 radical (unpaired) electrons. The number of phosphoric acid groups is 1. The summed E-state index contributed by atoms with van der Waals surface area (Å²) in [4.78, 5) is 33.6. The van der Waals surface area contributed by atoms with Gasteiger partial charge in [0.1, 0.15) is 12.1 Å². The Morgan fingerprint density at radius 1 is 0.467 bits per heavy atom. The van der Waals surface area contributed by atoms with Crippen molar-refractivity contribution in [2.75, 3.05) is 26.4 Å². The first-order valence-electron chi connectivity index (χ1n) is 25.6. The molecule has 0 aliphatic heterocycles.